The number of carbonyl (C=O) groups excluding carboxylic acids is 1. The third kappa shape index (κ3) is 3.53. The topological polar surface area (TPSA) is 90.9 Å². The van der Waals surface area contributed by atoms with Crippen molar-refractivity contribution in [3.8, 4) is 0 Å². The fourth-order valence-electron chi connectivity index (χ4n) is 2.32. The molecule has 19 heavy (non-hydrogen) atoms. The number of aliphatic hydroxyl groups excluding tert-OH is 1. The standard InChI is InChI=1S/C13H22N4O2/c1-8(2)11-15-12(17-16-11)13(19)14-9-6-4-3-5-7-10(9)18/h8-10,18H,3-7H2,1-2H3,(H,14,19)(H,15,16,17). The number of aliphatic hydroxyl groups is 1. The number of amides is 1. The van der Waals surface area contributed by atoms with Crippen LogP contribution in [0, 0.1) is 0 Å². The van der Waals surface area contributed by atoms with Gasteiger partial charge in [0.25, 0.3) is 5.91 Å². The highest BCUT2D eigenvalue weighted by Crippen LogP contribution is 2.18. The zero-order valence-electron chi connectivity index (χ0n) is 11.5. The predicted molar refractivity (Wildman–Crippen MR) is 70.8 cm³/mol. The van der Waals surface area contributed by atoms with Crippen molar-refractivity contribution in [3.05, 3.63) is 11.6 Å². The lowest BCUT2D eigenvalue weighted by atomic mass is 10.1. The van der Waals surface area contributed by atoms with Crippen LogP contribution in [-0.2, 0) is 0 Å². The van der Waals surface area contributed by atoms with Crippen molar-refractivity contribution < 1.29 is 9.90 Å². The highest BCUT2D eigenvalue weighted by atomic mass is 16.3. The van der Waals surface area contributed by atoms with Crippen LogP contribution in [0.4, 0.5) is 0 Å². The van der Waals surface area contributed by atoms with Crippen molar-refractivity contribution in [1.82, 2.24) is 20.5 Å². The molecule has 1 aromatic heterocycles. The van der Waals surface area contributed by atoms with Crippen molar-refractivity contribution in [2.75, 3.05) is 0 Å². The molecule has 106 valence electrons. The van der Waals surface area contributed by atoms with Gasteiger partial charge in [-0.05, 0) is 12.8 Å². The fourth-order valence-corrected chi connectivity index (χ4v) is 2.32. The summed E-state index contributed by atoms with van der Waals surface area (Å²) in [6, 6.07) is -0.184. The average molecular weight is 266 g/mol. The zero-order valence-corrected chi connectivity index (χ0v) is 11.5. The molecule has 1 aliphatic carbocycles. The average Bonchev–Trinajstić information content (AvgIpc) is 2.78. The molecule has 1 amide bonds. The van der Waals surface area contributed by atoms with Crippen molar-refractivity contribution >= 4 is 5.91 Å². The number of hydrogen-bond acceptors (Lipinski definition) is 4. The SMILES string of the molecule is CC(C)c1nc(C(=O)NC2CCCCCC2O)n[nH]1. The van der Waals surface area contributed by atoms with E-state index in [1.807, 2.05) is 13.8 Å². The molecule has 1 fully saturated rings. The van der Waals surface area contributed by atoms with E-state index >= 15 is 0 Å². The Labute approximate surface area is 113 Å². The number of nitrogens with one attached hydrogen (secondary N) is 2. The maximum atomic E-state index is 12.0. The maximum Gasteiger partial charge on any atom is 0.291 e. The molecule has 2 rings (SSSR count). The lowest BCUT2D eigenvalue weighted by Crippen LogP contribution is -2.43. The van der Waals surface area contributed by atoms with Crippen LogP contribution in [0.25, 0.3) is 0 Å². The smallest absolute Gasteiger partial charge is 0.291 e. The van der Waals surface area contributed by atoms with E-state index in [1.54, 1.807) is 0 Å². The number of carbonyl (C=O) groups is 1. The molecule has 6 nitrogen and oxygen atoms in total. The molecule has 0 aliphatic heterocycles. The predicted octanol–water partition coefficient (Wildman–Crippen LogP) is 1.35. The van der Waals surface area contributed by atoms with Crippen LogP contribution < -0.4 is 5.32 Å². The van der Waals surface area contributed by atoms with E-state index in [1.165, 1.54) is 0 Å². The molecule has 0 aromatic carbocycles. The minimum atomic E-state index is -0.463. The Morgan fingerprint density at radius 2 is 2.11 bits per heavy atom. The number of nitrogens with zero attached hydrogens (tertiary/aromatic N) is 2. The summed E-state index contributed by atoms with van der Waals surface area (Å²) in [5.74, 6) is 0.748. The van der Waals surface area contributed by atoms with Crippen LogP contribution >= 0.6 is 0 Å². The first-order valence-corrected chi connectivity index (χ1v) is 6.99. The largest absolute Gasteiger partial charge is 0.391 e. The maximum absolute atomic E-state index is 12.0. The van der Waals surface area contributed by atoms with Crippen LogP contribution in [0.1, 0.15) is 68.3 Å². The first-order chi connectivity index (χ1) is 9.08. The highest BCUT2D eigenvalue weighted by Gasteiger charge is 2.25. The van der Waals surface area contributed by atoms with Gasteiger partial charge in [-0.25, -0.2) is 4.98 Å². The third-order valence-electron chi connectivity index (χ3n) is 3.55. The molecule has 1 aliphatic rings. The van der Waals surface area contributed by atoms with Gasteiger partial charge in [0.05, 0.1) is 12.1 Å². The van der Waals surface area contributed by atoms with E-state index in [4.69, 9.17) is 0 Å². The van der Waals surface area contributed by atoms with E-state index in [0.29, 0.717) is 5.82 Å². The van der Waals surface area contributed by atoms with Crippen LogP contribution in [-0.4, -0.2) is 38.3 Å². The second-order valence-corrected chi connectivity index (χ2v) is 5.48. The summed E-state index contributed by atoms with van der Waals surface area (Å²) < 4.78 is 0. The molecule has 0 saturated heterocycles. The number of aromatic nitrogens is 3. The lowest BCUT2D eigenvalue weighted by molar-refractivity contribution is 0.0809. The Hall–Kier alpha value is -1.43. The zero-order chi connectivity index (χ0) is 13.8. The summed E-state index contributed by atoms with van der Waals surface area (Å²) in [4.78, 5) is 16.2. The van der Waals surface area contributed by atoms with Gasteiger partial charge in [0.2, 0.25) is 5.82 Å². The Morgan fingerprint density at radius 1 is 1.37 bits per heavy atom. The lowest BCUT2D eigenvalue weighted by Gasteiger charge is -2.20. The van der Waals surface area contributed by atoms with Gasteiger partial charge < -0.3 is 10.4 Å². The summed E-state index contributed by atoms with van der Waals surface area (Å²) in [6.07, 6.45) is 4.26. The van der Waals surface area contributed by atoms with Gasteiger partial charge in [-0.15, -0.1) is 5.10 Å². The molecule has 1 heterocycles. The van der Waals surface area contributed by atoms with Crippen molar-refractivity contribution in [2.24, 2.45) is 0 Å². The van der Waals surface area contributed by atoms with Gasteiger partial charge in [0, 0.05) is 5.92 Å². The van der Waals surface area contributed by atoms with E-state index in [2.05, 4.69) is 20.5 Å². The van der Waals surface area contributed by atoms with Gasteiger partial charge in [0.15, 0.2) is 0 Å². The van der Waals surface area contributed by atoms with E-state index in [0.717, 1.165) is 32.1 Å². The van der Waals surface area contributed by atoms with Crippen LogP contribution in [0.15, 0.2) is 0 Å². The normalized spacial score (nSPS) is 24.2. The van der Waals surface area contributed by atoms with E-state index < -0.39 is 6.10 Å². The summed E-state index contributed by atoms with van der Waals surface area (Å²) in [5, 5.41) is 19.5. The summed E-state index contributed by atoms with van der Waals surface area (Å²) in [5.41, 5.74) is 0. The first kappa shape index (κ1) is 14.0. The number of aromatic amines is 1. The molecule has 2 atom stereocenters. The molecule has 6 heteroatoms. The number of H-pyrrole nitrogens is 1. The molecule has 0 radical (unpaired) electrons. The van der Waals surface area contributed by atoms with E-state index in [-0.39, 0.29) is 23.7 Å². The molecule has 3 N–H and O–H groups in total. The van der Waals surface area contributed by atoms with Gasteiger partial charge in [-0.1, -0.05) is 33.1 Å². The molecular formula is C13H22N4O2. The molecule has 1 saturated carbocycles. The Bertz CT molecular complexity index is 430. The molecular weight excluding hydrogens is 244 g/mol. The van der Waals surface area contributed by atoms with Crippen molar-refractivity contribution in [1.29, 1.82) is 0 Å². The minimum absolute atomic E-state index is 0.153. The van der Waals surface area contributed by atoms with Crippen LogP contribution in [0.2, 0.25) is 0 Å². The Balaban J connectivity index is 1.98. The molecule has 0 bridgehead atoms. The van der Waals surface area contributed by atoms with Crippen LogP contribution in [0.3, 0.4) is 0 Å². The summed E-state index contributed by atoms with van der Waals surface area (Å²) in [6.45, 7) is 3.97. The van der Waals surface area contributed by atoms with Gasteiger partial charge >= 0.3 is 0 Å². The minimum Gasteiger partial charge on any atom is -0.391 e. The van der Waals surface area contributed by atoms with Gasteiger partial charge in [0.1, 0.15) is 5.82 Å². The fraction of sp³-hybridized carbons (Fsp3) is 0.769. The summed E-state index contributed by atoms with van der Waals surface area (Å²) in [7, 11) is 0. The second-order valence-electron chi connectivity index (χ2n) is 5.48. The molecule has 1 aromatic rings. The van der Waals surface area contributed by atoms with Crippen molar-refractivity contribution in [2.45, 2.75) is 64.0 Å². The Kier molecular flexibility index (Phi) is 4.52. The van der Waals surface area contributed by atoms with E-state index in [9.17, 15) is 9.90 Å². The molecule has 2 unspecified atom stereocenters. The van der Waals surface area contributed by atoms with Gasteiger partial charge in [-0.3, -0.25) is 9.89 Å². The summed E-state index contributed by atoms with van der Waals surface area (Å²) >= 11 is 0. The highest BCUT2D eigenvalue weighted by molar-refractivity contribution is 5.90. The molecule has 0 spiro atoms. The van der Waals surface area contributed by atoms with Gasteiger partial charge in [-0.2, -0.15) is 0 Å². The number of rotatable bonds is 3. The Morgan fingerprint density at radius 3 is 2.79 bits per heavy atom. The van der Waals surface area contributed by atoms with Crippen molar-refractivity contribution in [3.63, 3.8) is 0 Å². The van der Waals surface area contributed by atoms with Crippen LogP contribution in [0.5, 0.6) is 0 Å². The third-order valence-corrected chi connectivity index (χ3v) is 3.55. The quantitative estimate of drug-likeness (QED) is 0.720. The number of hydrogen-bond donors (Lipinski definition) is 3. The monoisotopic (exact) mass is 266 g/mol. The second kappa shape index (κ2) is 6.14. The first-order valence-electron chi connectivity index (χ1n) is 6.99.